The molecule has 112 valence electrons. The number of likely N-dealkylation sites (N-methyl/N-ethyl adjacent to an activating group) is 1. The lowest BCUT2D eigenvalue weighted by atomic mass is 10.1. The van der Waals surface area contributed by atoms with Crippen molar-refractivity contribution in [2.75, 3.05) is 32.7 Å². The minimum Gasteiger partial charge on any atom is -0.323 e. The first-order chi connectivity index (χ1) is 9.63. The molecule has 1 saturated heterocycles. The van der Waals surface area contributed by atoms with Gasteiger partial charge in [0.1, 0.15) is 0 Å². The average Bonchev–Trinajstić information content (AvgIpc) is 2.89. The van der Waals surface area contributed by atoms with Crippen molar-refractivity contribution in [1.82, 2.24) is 9.80 Å². The van der Waals surface area contributed by atoms with Crippen LogP contribution in [0.4, 0.5) is 0 Å². The second-order valence-corrected chi connectivity index (χ2v) is 5.94. The van der Waals surface area contributed by atoms with Crippen LogP contribution in [0.25, 0.3) is 0 Å². The molecule has 1 aliphatic rings. The van der Waals surface area contributed by atoms with Gasteiger partial charge in [0.2, 0.25) is 0 Å². The topological polar surface area (TPSA) is 32.5 Å². The van der Waals surface area contributed by atoms with Gasteiger partial charge in [-0.3, -0.25) is 9.80 Å². The Labute approximate surface area is 123 Å². The van der Waals surface area contributed by atoms with Crippen molar-refractivity contribution in [2.45, 2.75) is 39.3 Å². The summed E-state index contributed by atoms with van der Waals surface area (Å²) >= 11 is 0. The molecule has 3 nitrogen and oxygen atoms in total. The Morgan fingerprint density at radius 3 is 2.50 bits per heavy atom. The Balaban J connectivity index is 1.87. The van der Waals surface area contributed by atoms with E-state index in [1.807, 2.05) is 0 Å². The fraction of sp³-hybridized carbons (Fsp3) is 0.647. The lowest BCUT2D eigenvalue weighted by Crippen LogP contribution is -2.38. The number of hydrogen-bond acceptors (Lipinski definition) is 3. The Kier molecular flexibility index (Phi) is 5.58. The van der Waals surface area contributed by atoms with Crippen molar-refractivity contribution >= 4 is 0 Å². The minimum atomic E-state index is 0.131. The Morgan fingerprint density at radius 2 is 1.90 bits per heavy atom. The van der Waals surface area contributed by atoms with Crippen LogP contribution >= 0.6 is 0 Å². The summed E-state index contributed by atoms with van der Waals surface area (Å²) in [5.41, 5.74) is 8.90. The normalized spacial score (nSPS) is 21.6. The fourth-order valence-corrected chi connectivity index (χ4v) is 3.21. The van der Waals surface area contributed by atoms with Gasteiger partial charge in [0.25, 0.3) is 0 Å². The standard InChI is InChI=1S/C17H29N3/c1-4-20(5-2)16-10-11-19(12-16)13-17(18)15-8-6-14(3)7-9-15/h6-9,16-17H,4-5,10-13,18H2,1-3H3. The first kappa shape index (κ1) is 15.5. The Hall–Kier alpha value is -0.900. The van der Waals surface area contributed by atoms with Crippen LogP contribution in [0.2, 0.25) is 0 Å². The molecule has 1 fully saturated rings. The number of benzene rings is 1. The maximum atomic E-state index is 6.36. The minimum absolute atomic E-state index is 0.131. The lowest BCUT2D eigenvalue weighted by molar-refractivity contribution is 0.208. The summed E-state index contributed by atoms with van der Waals surface area (Å²) in [6, 6.07) is 9.48. The van der Waals surface area contributed by atoms with E-state index in [0.29, 0.717) is 0 Å². The van der Waals surface area contributed by atoms with Gasteiger partial charge in [-0.2, -0.15) is 0 Å². The van der Waals surface area contributed by atoms with Crippen molar-refractivity contribution in [3.05, 3.63) is 35.4 Å². The molecule has 20 heavy (non-hydrogen) atoms. The number of likely N-dealkylation sites (tertiary alicyclic amines) is 1. The first-order valence-corrected chi connectivity index (χ1v) is 7.92. The molecule has 0 amide bonds. The smallest absolute Gasteiger partial charge is 0.0424 e. The third-order valence-electron chi connectivity index (χ3n) is 4.54. The highest BCUT2D eigenvalue weighted by Crippen LogP contribution is 2.19. The molecule has 2 atom stereocenters. The van der Waals surface area contributed by atoms with Gasteiger partial charge in [-0.25, -0.2) is 0 Å². The second kappa shape index (κ2) is 7.21. The number of aryl methyl sites for hydroxylation is 1. The van der Waals surface area contributed by atoms with E-state index in [2.05, 4.69) is 54.8 Å². The summed E-state index contributed by atoms with van der Waals surface area (Å²) in [5, 5.41) is 0. The zero-order valence-corrected chi connectivity index (χ0v) is 13.2. The van der Waals surface area contributed by atoms with Crippen LogP contribution in [-0.2, 0) is 0 Å². The van der Waals surface area contributed by atoms with E-state index in [4.69, 9.17) is 5.73 Å². The summed E-state index contributed by atoms with van der Waals surface area (Å²) in [7, 11) is 0. The van der Waals surface area contributed by atoms with Gasteiger partial charge in [-0.15, -0.1) is 0 Å². The summed E-state index contributed by atoms with van der Waals surface area (Å²) in [4.78, 5) is 5.09. The molecule has 2 N–H and O–H groups in total. The van der Waals surface area contributed by atoms with Crippen molar-refractivity contribution in [1.29, 1.82) is 0 Å². The number of nitrogens with two attached hydrogens (primary N) is 1. The Morgan fingerprint density at radius 1 is 1.25 bits per heavy atom. The molecule has 0 saturated carbocycles. The molecule has 0 aromatic heterocycles. The van der Waals surface area contributed by atoms with E-state index < -0.39 is 0 Å². The summed E-state index contributed by atoms with van der Waals surface area (Å²) < 4.78 is 0. The van der Waals surface area contributed by atoms with E-state index in [-0.39, 0.29) is 6.04 Å². The number of nitrogens with zero attached hydrogens (tertiary/aromatic N) is 2. The molecule has 0 radical (unpaired) electrons. The Bertz CT molecular complexity index is 397. The molecule has 1 aromatic carbocycles. The lowest BCUT2D eigenvalue weighted by Gasteiger charge is -2.27. The van der Waals surface area contributed by atoms with Crippen molar-refractivity contribution in [2.24, 2.45) is 5.73 Å². The van der Waals surface area contributed by atoms with Gasteiger partial charge >= 0.3 is 0 Å². The van der Waals surface area contributed by atoms with Crippen LogP contribution in [0.3, 0.4) is 0 Å². The highest BCUT2D eigenvalue weighted by molar-refractivity contribution is 5.24. The molecule has 2 unspecified atom stereocenters. The van der Waals surface area contributed by atoms with Crippen LogP contribution in [-0.4, -0.2) is 48.6 Å². The molecule has 0 aliphatic carbocycles. The molecule has 1 heterocycles. The van der Waals surface area contributed by atoms with E-state index in [1.165, 1.54) is 30.6 Å². The zero-order valence-electron chi connectivity index (χ0n) is 13.2. The number of hydrogen-bond donors (Lipinski definition) is 1. The summed E-state index contributed by atoms with van der Waals surface area (Å²) in [6.07, 6.45) is 1.28. The van der Waals surface area contributed by atoms with Crippen LogP contribution < -0.4 is 5.73 Å². The average molecular weight is 275 g/mol. The zero-order chi connectivity index (χ0) is 14.5. The molecule has 2 rings (SSSR count). The largest absolute Gasteiger partial charge is 0.323 e. The van der Waals surface area contributed by atoms with E-state index in [1.54, 1.807) is 0 Å². The van der Waals surface area contributed by atoms with Crippen molar-refractivity contribution in [3.63, 3.8) is 0 Å². The van der Waals surface area contributed by atoms with Gasteiger partial charge in [-0.1, -0.05) is 43.7 Å². The fourth-order valence-electron chi connectivity index (χ4n) is 3.21. The van der Waals surface area contributed by atoms with Crippen LogP contribution in [0, 0.1) is 6.92 Å². The molecular formula is C17H29N3. The van der Waals surface area contributed by atoms with Crippen molar-refractivity contribution < 1.29 is 0 Å². The van der Waals surface area contributed by atoms with Gasteiger partial charge < -0.3 is 5.73 Å². The maximum absolute atomic E-state index is 6.36. The predicted octanol–water partition coefficient (Wildman–Crippen LogP) is 2.41. The van der Waals surface area contributed by atoms with Gasteiger partial charge in [0, 0.05) is 25.2 Å². The van der Waals surface area contributed by atoms with Crippen molar-refractivity contribution in [3.8, 4) is 0 Å². The molecule has 1 aromatic rings. The third kappa shape index (κ3) is 3.81. The van der Waals surface area contributed by atoms with Crippen LogP contribution in [0.5, 0.6) is 0 Å². The van der Waals surface area contributed by atoms with Gasteiger partial charge in [-0.05, 0) is 38.5 Å². The maximum Gasteiger partial charge on any atom is 0.0424 e. The monoisotopic (exact) mass is 275 g/mol. The molecule has 0 bridgehead atoms. The van der Waals surface area contributed by atoms with E-state index in [0.717, 1.165) is 25.7 Å². The highest BCUT2D eigenvalue weighted by Gasteiger charge is 2.27. The van der Waals surface area contributed by atoms with Crippen LogP contribution in [0.1, 0.15) is 37.4 Å². The summed E-state index contributed by atoms with van der Waals surface area (Å²) in [6.45, 7) is 12.2. The third-order valence-corrected chi connectivity index (χ3v) is 4.54. The van der Waals surface area contributed by atoms with Crippen LogP contribution in [0.15, 0.2) is 24.3 Å². The molecule has 0 spiro atoms. The first-order valence-electron chi connectivity index (χ1n) is 7.92. The SMILES string of the molecule is CCN(CC)C1CCN(CC(N)c2ccc(C)cc2)C1. The molecule has 3 heteroatoms. The highest BCUT2D eigenvalue weighted by atomic mass is 15.3. The number of rotatable bonds is 6. The summed E-state index contributed by atoms with van der Waals surface area (Å²) in [5.74, 6) is 0. The van der Waals surface area contributed by atoms with E-state index in [9.17, 15) is 0 Å². The quantitative estimate of drug-likeness (QED) is 0.865. The molecule has 1 aliphatic heterocycles. The van der Waals surface area contributed by atoms with Gasteiger partial charge in [0.05, 0.1) is 0 Å². The second-order valence-electron chi connectivity index (χ2n) is 5.94. The van der Waals surface area contributed by atoms with Gasteiger partial charge in [0.15, 0.2) is 0 Å². The van der Waals surface area contributed by atoms with E-state index >= 15 is 0 Å². The predicted molar refractivity (Wildman–Crippen MR) is 85.9 cm³/mol. The molecular weight excluding hydrogens is 246 g/mol.